The highest BCUT2D eigenvalue weighted by atomic mass is 16.2. The van der Waals surface area contributed by atoms with Crippen molar-refractivity contribution < 1.29 is 4.79 Å². The second kappa shape index (κ2) is 2.60. The number of carbonyl (C=O) groups is 1. The van der Waals surface area contributed by atoms with Gasteiger partial charge < -0.3 is 11.5 Å². The van der Waals surface area contributed by atoms with Gasteiger partial charge in [-0.25, -0.2) is 18.8 Å². The molecule has 11 nitrogen and oxygen atoms in total. The monoisotopic (exact) mass is 260 g/mol. The molecular weight excluding hydrogens is 256 g/mol. The number of imidazole rings is 2. The predicted molar refractivity (Wildman–Crippen MR) is 60.9 cm³/mol. The topological polar surface area (TPSA) is 156 Å². The summed E-state index contributed by atoms with van der Waals surface area (Å²) in [7, 11) is 0. The van der Waals surface area contributed by atoms with Crippen LogP contribution in [0, 0.1) is 0 Å². The molecule has 11 heteroatoms. The summed E-state index contributed by atoms with van der Waals surface area (Å²) in [6, 6.07) is -0.689. The van der Waals surface area contributed by atoms with Gasteiger partial charge in [-0.2, -0.15) is 24.1 Å². The van der Waals surface area contributed by atoms with Crippen LogP contribution in [0.2, 0.25) is 0 Å². The molecule has 0 atom stereocenters. The van der Waals surface area contributed by atoms with Crippen molar-refractivity contribution in [2.24, 2.45) is 0 Å². The van der Waals surface area contributed by atoms with Crippen LogP contribution in [0.15, 0.2) is 9.59 Å². The van der Waals surface area contributed by atoms with E-state index >= 15 is 0 Å². The standard InChI is InChI=1S/C8H4N8O3/c9-4-11-2(12-5(10)13-4)1-3-15-6(17)14(1)7(18)16(3)8(15)19/h(H4,9,10,11,12,13). The normalized spacial score (nSPS) is 13.2. The summed E-state index contributed by atoms with van der Waals surface area (Å²) in [6.45, 7) is 0. The second-order valence-electron chi connectivity index (χ2n) is 3.90. The maximum Gasteiger partial charge on any atom is 0.348 e. The first kappa shape index (κ1) is 9.76. The fraction of sp³-hybridized carbons (Fsp3) is 0. The minimum atomic E-state index is -0.750. The van der Waals surface area contributed by atoms with Crippen LogP contribution in [0.5, 0.6) is 0 Å². The second-order valence-corrected chi connectivity index (χ2v) is 3.90. The van der Waals surface area contributed by atoms with Crippen molar-refractivity contribution >= 4 is 23.6 Å². The van der Waals surface area contributed by atoms with Crippen molar-refractivity contribution in [1.82, 2.24) is 28.5 Å². The molecule has 0 amide bonds. The Morgan fingerprint density at radius 3 is 1.89 bits per heavy atom. The zero-order valence-corrected chi connectivity index (χ0v) is 9.06. The first-order valence-corrected chi connectivity index (χ1v) is 5.04. The van der Waals surface area contributed by atoms with Crippen LogP contribution in [0.4, 0.5) is 16.7 Å². The number of nitrogen functional groups attached to an aromatic ring is 2. The van der Waals surface area contributed by atoms with Crippen LogP contribution in [0.25, 0.3) is 17.2 Å². The lowest BCUT2D eigenvalue weighted by Crippen LogP contribution is -2.51. The summed E-state index contributed by atoms with van der Waals surface area (Å²) in [5, 5.41) is 0. The molecule has 4 N–H and O–H groups in total. The Kier molecular flexibility index (Phi) is 1.34. The lowest BCUT2D eigenvalue weighted by atomic mass is 10.4. The van der Waals surface area contributed by atoms with E-state index in [1.54, 1.807) is 0 Å². The number of rotatable bonds is 1. The average Bonchev–Trinajstić information content (AvgIpc) is 2.70. The van der Waals surface area contributed by atoms with Crippen molar-refractivity contribution in [3.8, 4) is 11.5 Å². The number of hydrogen-bond donors (Lipinski definition) is 2. The van der Waals surface area contributed by atoms with E-state index in [0.717, 1.165) is 13.5 Å². The maximum absolute atomic E-state index is 11.8. The average molecular weight is 260 g/mol. The van der Waals surface area contributed by atoms with E-state index in [1.165, 1.54) is 0 Å². The molecule has 3 aromatic rings. The molecule has 0 saturated heterocycles. The van der Waals surface area contributed by atoms with Crippen molar-refractivity contribution in [2.75, 3.05) is 11.5 Å². The third-order valence-corrected chi connectivity index (χ3v) is 2.89. The van der Waals surface area contributed by atoms with Crippen molar-refractivity contribution in [2.45, 2.75) is 0 Å². The van der Waals surface area contributed by atoms with Crippen molar-refractivity contribution in [1.29, 1.82) is 0 Å². The molecular formula is C8H4N8O3. The Morgan fingerprint density at radius 2 is 1.37 bits per heavy atom. The molecule has 0 saturated carbocycles. The van der Waals surface area contributed by atoms with Gasteiger partial charge in [-0.05, 0) is 0 Å². The molecule has 1 aliphatic rings. The van der Waals surface area contributed by atoms with Crippen LogP contribution in [-0.4, -0.2) is 34.5 Å². The van der Waals surface area contributed by atoms with Gasteiger partial charge in [-0.1, -0.05) is 0 Å². The van der Waals surface area contributed by atoms with Gasteiger partial charge in [0, 0.05) is 0 Å². The van der Waals surface area contributed by atoms with E-state index in [9.17, 15) is 14.4 Å². The molecule has 4 rings (SSSR count). The van der Waals surface area contributed by atoms with Crippen molar-refractivity contribution in [3.63, 3.8) is 0 Å². The molecule has 1 aliphatic heterocycles. The molecule has 0 aromatic carbocycles. The number of anilines is 2. The minimum absolute atomic E-state index is 0.0285. The Balaban J connectivity index is 2.18. The largest absolute Gasteiger partial charge is 0.368 e. The molecule has 0 unspecified atom stereocenters. The lowest BCUT2D eigenvalue weighted by molar-refractivity contribution is 0.236. The van der Waals surface area contributed by atoms with Gasteiger partial charge in [0.2, 0.25) is 11.9 Å². The van der Waals surface area contributed by atoms with Gasteiger partial charge in [0.15, 0.2) is 11.5 Å². The fourth-order valence-electron chi connectivity index (χ4n) is 2.18. The first-order valence-electron chi connectivity index (χ1n) is 5.04. The van der Waals surface area contributed by atoms with Crippen molar-refractivity contribution in [3.05, 3.63) is 21.0 Å². The molecule has 0 spiro atoms. The Labute approximate surface area is 102 Å². The SMILES string of the molecule is Nc1nc(N)nc(-c2c3n4c(=O)n2c(=O)n3C4=O)n1. The number of fused-ring (bicyclic) bond motifs is 1. The molecule has 4 heterocycles. The van der Waals surface area contributed by atoms with Crippen LogP contribution < -0.4 is 22.8 Å². The summed E-state index contributed by atoms with van der Waals surface area (Å²) >= 11 is 0. The molecule has 3 aromatic heterocycles. The van der Waals surface area contributed by atoms with Crippen LogP contribution in [-0.2, 0) is 0 Å². The highest BCUT2D eigenvalue weighted by Gasteiger charge is 2.41. The lowest BCUT2D eigenvalue weighted by Gasteiger charge is -2.14. The Bertz CT molecular complexity index is 927. The van der Waals surface area contributed by atoms with Gasteiger partial charge >= 0.3 is 17.4 Å². The van der Waals surface area contributed by atoms with E-state index in [-0.39, 0.29) is 29.1 Å². The van der Waals surface area contributed by atoms with E-state index in [4.69, 9.17) is 11.5 Å². The van der Waals surface area contributed by atoms with Gasteiger partial charge in [-0.3, -0.25) is 0 Å². The minimum Gasteiger partial charge on any atom is -0.368 e. The van der Waals surface area contributed by atoms with E-state index in [2.05, 4.69) is 15.0 Å². The van der Waals surface area contributed by atoms with Crippen LogP contribution in [0.1, 0.15) is 0 Å². The number of nitrogens with zero attached hydrogens (tertiary/aromatic N) is 6. The van der Waals surface area contributed by atoms with E-state index in [1.807, 2.05) is 0 Å². The molecule has 19 heavy (non-hydrogen) atoms. The highest BCUT2D eigenvalue weighted by molar-refractivity contribution is 6.00. The summed E-state index contributed by atoms with van der Waals surface area (Å²) in [5.74, 6) is -0.319. The van der Waals surface area contributed by atoms with Gasteiger partial charge in [0.05, 0.1) is 0 Å². The summed E-state index contributed by atoms with van der Waals surface area (Å²) < 4.78 is 2.50. The smallest absolute Gasteiger partial charge is 0.348 e. The van der Waals surface area contributed by atoms with Crippen LogP contribution in [0.3, 0.4) is 0 Å². The molecule has 0 fully saturated rings. The number of nitrogens with two attached hydrogens (primary N) is 2. The van der Waals surface area contributed by atoms with Crippen LogP contribution >= 0.6 is 0 Å². The Hall–Kier alpha value is -3.24. The summed E-state index contributed by atoms with van der Waals surface area (Å²) in [4.78, 5) is 46.2. The van der Waals surface area contributed by atoms with Gasteiger partial charge in [0.25, 0.3) is 0 Å². The van der Waals surface area contributed by atoms with Gasteiger partial charge in [-0.15, -0.1) is 0 Å². The molecule has 94 valence electrons. The summed E-state index contributed by atoms with van der Waals surface area (Å²) in [6.07, 6.45) is 0. The predicted octanol–water partition coefficient (Wildman–Crippen LogP) is -2.45. The zero-order chi connectivity index (χ0) is 13.5. The third-order valence-electron chi connectivity index (χ3n) is 2.89. The van der Waals surface area contributed by atoms with E-state index in [0.29, 0.717) is 0 Å². The molecule has 2 bridgehead atoms. The Morgan fingerprint density at radius 1 is 0.842 bits per heavy atom. The zero-order valence-electron chi connectivity index (χ0n) is 9.06. The number of aromatic nitrogens is 6. The maximum atomic E-state index is 11.8. The van der Waals surface area contributed by atoms with E-state index < -0.39 is 17.4 Å². The fourth-order valence-corrected chi connectivity index (χ4v) is 2.18. The third kappa shape index (κ3) is 0.863. The highest BCUT2D eigenvalue weighted by Crippen LogP contribution is 2.26. The number of hydrogen-bond acceptors (Lipinski definition) is 8. The molecule has 0 aliphatic carbocycles. The summed E-state index contributed by atoms with van der Waals surface area (Å²) in [5.41, 5.74) is 9.59. The molecule has 0 radical (unpaired) electrons. The first-order chi connectivity index (χ1) is 9.00. The quantitative estimate of drug-likeness (QED) is 0.381. The number of carbonyl (C=O) groups excluding carboxylic acids is 1. The van der Waals surface area contributed by atoms with Gasteiger partial charge in [0.1, 0.15) is 5.69 Å².